The lowest BCUT2D eigenvalue weighted by atomic mass is 10.0. The predicted molar refractivity (Wildman–Crippen MR) is 83.8 cm³/mol. The van der Waals surface area contributed by atoms with Crippen LogP contribution in [0.1, 0.15) is 53.2 Å². The van der Waals surface area contributed by atoms with Crippen molar-refractivity contribution >= 4 is 5.82 Å². The lowest BCUT2D eigenvalue weighted by Crippen LogP contribution is -2.36. The summed E-state index contributed by atoms with van der Waals surface area (Å²) in [6.45, 7) is 12.9. The Kier molecular flexibility index (Phi) is 4.63. The number of hydrogen-bond donors (Lipinski definition) is 1. The molecule has 0 saturated carbocycles. The Labute approximate surface area is 123 Å². The average Bonchev–Trinajstić information content (AvgIpc) is 2.85. The van der Waals surface area contributed by atoms with Gasteiger partial charge in [-0.2, -0.15) is 0 Å². The Hall–Kier alpha value is -1.16. The molecule has 0 aliphatic carbocycles. The zero-order chi connectivity index (χ0) is 14.8. The van der Waals surface area contributed by atoms with Gasteiger partial charge in [0.2, 0.25) is 0 Å². The van der Waals surface area contributed by atoms with Crippen molar-refractivity contribution in [2.24, 2.45) is 5.92 Å². The van der Waals surface area contributed by atoms with E-state index in [0.29, 0.717) is 12.0 Å². The van der Waals surface area contributed by atoms with Crippen LogP contribution in [-0.4, -0.2) is 28.1 Å². The standard InChI is InChI=1S/C16H28N4/c1-12(2)14-7-6-8-20(14)15-11-17-13(9-18-15)10-19-16(3,4)5/h9,11-12,14,19H,6-8,10H2,1-5H3. The fraction of sp³-hybridized carbons (Fsp3) is 0.750. The zero-order valence-corrected chi connectivity index (χ0v) is 13.5. The van der Waals surface area contributed by atoms with Crippen molar-refractivity contribution in [2.75, 3.05) is 11.4 Å². The summed E-state index contributed by atoms with van der Waals surface area (Å²) >= 11 is 0. The molecule has 1 atom stereocenters. The first kappa shape index (κ1) is 15.2. The first-order valence-electron chi connectivity index (χ1n) is 7.69. The van der Waals surface area contributed by atoms with Crippen LogP contribution in [0.2, 0.25) is 0 Å². The third-order valence-corrected chi connectivity index (χ3v) is 3.85. The topological polar surface area (TPSA) is 41.1 Å². The van der Waals surface area contributed by atoms with Gasteiger partial charge in [-0.25, -0.2) is 4.98 Å². The molecule has 4 heteroatoms. The first-order valence-corrected chi connectivity index (χ1v) is 7.69. The molecule has 1 aliphatic rings. The molecule has 0 amide bonds. The summed E-state index contributed by atoms with van der Waals surface area (Å²) in [7, 11) is 0. The van der Waals surface area contributed by atoms with Crippen LogP contribution in [0.25, 0.3) is 0 Å². The zero-order valence-electron chi connectivity index (χ0n) is 13.5. The van der Waals surface area contributed by atoms with Crippen LogP contribution in [0.4, 0.5) is 5.82 Å². The fourth-order valence-electron chi connectivity index (χ4n) is 2.71. The van der Waals surface area contributed by atoms with Crippen molar-refractivity contribution in [1.29, 1.82) is 0 Å². The molecule has 1 fully saturated rings. The third-order valence-electron chi connectivity index (χ3n) is 3.85. The van der Waals surface area contributed by atoms with E-state index in [1.165, 1.54) is 12.8 Å². The summed E-state index contributed by atoms with van der Waals surface area (Å²) < 4.78 is 0. The van der Waals surface area contributed by atoms with Crippen LogP contribution in [0.3, 0.4) is 0 Å². The monoisotopic (exact) mass is 276 g/mol. The molecule has 4 nitrogen and oxygen atoms in total. The summed E-state index contributed by atoms with van der Waals surface area (Å²) in [6.07, 6.45) is 6.37. The fourth-order valence-corrected chi connectivity index (χ4v) is 2.71. The van der Waals surface area contributed by atoms with Crippen molar-refractivity contribution in [1.82, 2.24) is 15.3 Å². The average molecular weight is 276 g/mol. The first-order chi connectivity index (χ1) is 9.37. The maximum atomic E-state index is 4.62. The van der Waals surface area contributed by atoms with Crippen LogP contribution in [0.15, 0.2) is 12.4 Å². The van der Waals surface area contributed by atoms with E-state index in [-0.39, 0.29) is 5.54 Å². The molecular formula is C16H28N4. The van der Waals surface area contributed by atoms with Gasteiger partial charge in [-0.3, -0.25) is 4.98 Å². The molecule has 1 aromatic rings. The van der Waals surface area contributed by atoms with Crippen molar-refractivity contribution in [3.05, 3.63) is 18.1 Å². The Morgan fingerprint density at radius 2 is 2.05 bits per heavy atom. The molecule has 1 unspecified atom stereocenters. The van der Waals surface area contributed by atoms with Gasteiger partial charge in [0.25, 0.3) is 0 Å². The molecule has 0 radical (unpaired) electrons. The van der Waals surface area contributed by atoms with Crippen LogP contribution in [-0.2, 0) is 6.54 Å². The Balaban J connectivity index is 2.01. The molecule has 112 valence electrons. The molecule has 1 N–H and O–H groups in total. The van der Waals surface area contributed by atoms with Crippen molar-refractivity contribution in [3.63, 3.8) is 0 Å². The Bertz CT molecular complexity index is 419. The highest BCUT2D eigenvalue weighted by Crippen LogP contribution is 2.27. The van der Waals surface area contributed by atoms with E-state index in [1.54, 1.807) is 0 Å². The molecule has 0 aromatic carbocycles. The van der Waals surface area contributed by atoms with Gasteiger partial charge in [0.1, 0.15) is 5.82 Å². The van der Waals surface area contributed by atoms with Gasteiger partial charge in [0.15, 0.2) is 0 Å². The lowest BCUT2D eigenvalue weighted by Gasteiger charge is -2.28. The number of nitrogens with one attached hydrogen (secondary N) is 1. The van der Waals surface area contributed by atoms with Gasteiger partial charge >= 0.3 is 0 Å². The number of aromatic nitrogens is 2. The second kappa shape index (κ2) is 6.08. The normalized spacial score (nSPS) is 19.9. The van der Waals surface area contributed by atoms with E-state index in [9.17, 15) is 0 Å². The van der Waals surface area contributed by atoms with Crippen LogP contribution >= 0.6 is 0 Å². The Morgan fingerprint density at radius 3 is 2.60 bits per heavy atom. The predicted octanol–water partition coefficient (Wildman–Crippen LogP) is 2.99. The number of rotatable bonds is 4. The minimum atomic E-state index is 0.109. The van der Waals surface area contributed by atoms with Crippen molar-refractivity contribution < 1.29 is 0 Å². The largest absolute Gasteiger partial charge is 0.352 e. The number of nitrogens with zero attached hydrogens (tertiary/aromatic N) is 3. The van der Waals surface area contributed by atoms with E-state index in [1.807, 2.05) is 12.4 Å². The summed E-state index contributed by atoms with van der Waals surface area (Å²) in [6, 6.07) is 0.614. The van der Waals surface area contributed by atoms with E-state index in [2.05, 4.69) is 54.8 Å². The van der Waals surface area contributed by atoms with Gasteiger partial charge in [-0.05, 0) is 39.5 Å². The highest BCUT2D eigenvalue weighted by atomic mass is 15.2. The molecule has 1 aliphatic heterocycles. The summed E-state index contributed by atoms with van der Waals surface area (Å²) in [5.41, 5.74) is 1.11. The summed E-state index contributed by atoms with van der Waals surface area (Å²) in [5.74, 6) is 1.70. The third kappa shape index (κ3) is 3.92. The minimum absolute atomic E-state index is 0.109. The maximum Gasteiger partial charge on any atom is 0.147 e. The molecular weight excluding hydrogens is 248 g/mol. The smallest absolute Gasteiger partial charge is 0.147 e. The highest BCUT2D eigenvalue weighted by molar-refractivity contribution is 5.39. The summed E-state index contributed by atoms with van der Waals surface area (Å²) in [5, 5.41) is 3.44. The highest BCUT2D eigenvalue weighted by Gasteiger charge is 2.28. The molecule has 2 rings (SSSR count). The summed E-state index contributed by atoms with van der Waals surface area (Å²) in [4.78, 5) is 11.6. The van der Waals surface area contributed by atoms with Crippen molar-refractivity contribution in [2.45, 2.75) is 65.6 Å². The van der Waals surface area contributed by atoms with Gasteiger partial charge in [-0.15, -0.1) is 0 Å². The van der Waals surface area contributed by atoms with Gasteiger partial charge in [-0.1, -0.05) is 13.8 Å². The molecule has 20 heavy (non-hydrogen) atoms. The molecule has 0 spiro atoms. The Morgan fingerprint density at radius 1 is 1.30 bits per heavy atom. The number of anilines is 1. The van der Waals surface area contributed by atoms with E-state index >= 15 is 0 Å². The van der Waals surface area contributed by atoms with E-state index in [0.717, 1.165) is 24.6 Å². The van der Waals surface area contributed by atoms with Crippen LogP contribution in [0.5, 0.6) is 0 Å². The second-order valence-electron chi connectivity index (χ2n) is 7.12. The van der Waals surface area contributed by atoms with E-state index < -0.39 is 0 Å². The van der Waals surface area contributed by atoms with E-state index in [4.69, 9.17) is 0 Å². The van der Waals surface area contributed by atoms with Gasteiger partial charge < -0.3 is 10.2 Å². The SMILES string of the molecule is CC(C)C1CCCN1c1cnc(CNC(C)(C)C)cn1. The lowest BCUT2D eigenvalue weighted by molar-refractivity contribution is 0.421. The maximum absolute atomic E-state index is 4.62. The minimum Gasteiger partial charge on any atom is -0.352 e. The van der Waals surface area contributed by atoms with Gasteiger partial charge in [0, 0.05) is 24.7 Å². The van der Waals surface area contributed by atoms with Crippen LogP contribution < -0.4 is 10.2 Å². The molecule has 1 aromatic heterocycles. The molecule has 1 saturated heterocycles. The van der Waals surface area contributed by atoms with Gasteiger partial charge in [0.05, 0.1) is 18.1 Å². The molecule has 0 bridgehead atoms. The number of hydrogen-bond acceptors (Lipinski definition) is 4. The molecule has 2 heterocycles. The second-order valence-corrected chi connectivity index (χ2v) is 7.12. The van der Waals surface area contributed by atoms with Crippen LogP contribution in [0, 0.1) is 5.92 Å². The quantitative estimate of drug-likeness (QED) is 0.918. The van der Waals surface area contributed by atoms with Crippen molar-refractivity contribution in [3.8, 4) is 0 Å².